The average Bonchev–Trinajstić information content (AvgIpc) is 3.37. The molecule has 2 aromatic carbocycles. The van der Waals surface area contributed by atoms with Gasteiger partial charge < -0.3 is 9.80 Å². The number of rotatable bonds is 4. The van der Waals surface area contributed by atoms with Gasteiger partial charge in [-0.15, -0.1) is 5.10 Å². The Bertz CT molecular complexity index is 1000. The summed E-state index contributed by atoms with van der Waals surface area (Å²) in [6.45, 7) is 1.05. The van der Waals surface area contributed by atoms with Crippen LogP contribution in [0.1, 0.15) is 22.0 Å². The van der Waals surface area contributed by atoms with Crippen LogP contribution < -0.4 is 0 Å². The number of benzene rings is 2. The maximum atomic E-state index is 13.3. The molecule has 0 saturated carbocycles. The molecular formula is C21H21F2N5O. The monoisotopic (exact) mass is 397 g/mol. The number of halogens is 2. The van der Waals surface area contributed by atoms with Crippen LogP contribution in [0, 0.1) is 11.6 Å². The van der Waals surface area contributed by atoms with Gasteiger partial charge in [0.25, 0.3) is 5.91 Å². The van der Waals surface area contributed by atoms with E-state index < -0.39 is 0 Å². The first-order valence-electron chi connectivity index (χ1n) is 9.32. The Labute approximate surface area is 167 Å². The summed E-state index contributed by atoms with van der Waals surface area (Å²) in [6, 6.07) is 12.3. The molecule has 3 aromatic rings. The molecule has 1 aromatic heterocycles. The zero-order valence-electron chi connectivity index (χ0n) is 16.2. The van der Waals surface area contributed by atoms with Crippen LogP contribution in [-0.4, -0.2) is 63.9 Å². The summed E-state index contributed by atoms with van der Waals surface area (Å²) in [5, 5.41) is 8.00. The fourth-order valence-electron chi connectivity index (χ4n) is 3.76. The first-order chi connectivity index (χ1) is 13.9. The van der Waals surface area contributed by atoms with Crippen molar-refractivity contribution in [3.8, 4) is 5.69 Å². The van der Waals surface area contributed by atoms with E-state index in [2.05, 4.69) is 15.2 Å². The van der Waals surface area contributed by atoms with Crippen LogP contribution in [0.25, 0.3) is 5.69 Å². The fourth-order valence-corrected chi connectivity index (χ4v) is 3.76. The molecule has 1 aliphatic rings. The minimum Gasteiger partial charge on any atom is -0.335 e. The highest BCUT2D eigenvalue weighted by Crippen LogP contribution is 2.31. The normalized spacial score (nSPS) is 19.1. The lowest BCUT2D eigenvalue weighted by atomic mass is 9.94. The lowest BCUT2D eigenvalue weighted by Crippen LogP contribution is -2.36. The topological polar surface area (TPSA) is 54.3 Å². The highest BCUT2D eigenvalue weighted by atomic mass is 19.1. The van der Waals surface area contributed by atoms with Gasteiger partial charge in [0.1, 0.15) is 11.6 Å². The van der Waals surface area contributed by atoms with Gasteiger partial charge in [0.05, 0.1) is 11.9 Å². The maximum Gasteiger partial charge on any atom is 0.276 e. The molecule has 29 heavy (non-hydrogen) atoms. The molecule has 2 atom stereocenters. The number of hydrogen-bond donors (Lipinski definition) is 0. The number of likely N-dealkylation sites (N-methyl/N-ethyl adjacent to an activating group) is 1. The van der Waals surface area contributed by atoms with Crippen molar-refractivity contribution in [3.63, 3.8) is 0 Å². The standard InChI is InChI=1S/C21H21F2N5O/c1-26(2)20-13-27(11-18(20)14-3-5-15(22)6-4-14)21(29)19-12-28(25-24-19)17-9-7-16(23)8-10-17/h3-10,12,18,20H,11,13H2,1-2H3/t18-,20?/m0/s1. The van der Waals surface area contributed by atoms with Gasteiger partial charge in [-0.3, -0.25) is 4.79 Å². The zero-order chi connectivity index (χ0) is 20.5. The van der Waals surface area contributed by atoms with Crippen molar-refractivity contribution in [2.45, 2.75) is 12.0 Å². The quantitative estimate of drug-likeness (QED) is 0.679. The first-order valence-corrected chi connectivity index (χ1v) is 9.32. The molecule has 0 bridgehead atoms. The van der Waals surface area contributed by atoms with Gasteiger partial charge in [-0.1, -0.05) is 17.3 Å². The number of carbonyl (C=O) groups excluding carboxylic acids is 1. The number of hydrogen-bond acceptors (Lipinski definition) is 4. The van der Waals surface area contributed by atoms with Crippen LogP contribution in [0.4, 0.5) is 8.78 Å². The zero-order valence-corrected chi connectivity index (χ0v) is 16.2. The van der Waals surface area contributed by atoms with Crippen molar-refractivity contribution >= 4 is 5.91 Å². The Hall–Kier alpha value is -3.13. The van der Waals surface area contributed by atoms with Crippen LogP contribution in [0.3, 0.4) is 0 Å². The molecule has 1 amide bonds. The Balaban J connectivity index is 1.54. The third kappa shape index (κ3) is 3.88. The summed E-state index contributed by atoms with van der Waals surface area (Å²) in [7, 11) is 3.94. The number of likely N-dealkylation sites (tertiary alicyclic amines) is 1. The van der Waals surface area contributed by atoms with E-state index in [4.69, 9.17) is 0 Å². The number of carbonyl (C=O) groups is 1. The smallest absolute Gasteiger partial charge is 0.276 e. The highest BCUT2D eigenvalue weighted by Gasteiger charge is 2.38. The molecule has 6 nitrogen and oxygen atoms in total. The molecule has 150 valence electrons. The largest absolute Gasteiger partial charge is 0.335 e. The highest BCUT2D eigenvalue weighted by molar-refractivity contribution is 5.92. The van der Waals surface area contributed by atoms with E-state index >= 15 is 0 Å². The second-order valence-electron chi connectivity index (χ2n) is 7.42. The van der Waals surface area contributed by atoms with E-state index in [1.165, 1.54) is 28.9 Å². The molecule has 0 spiro atoms. The first kappa shape index (κ1) is 19.2. The molecule has 0 aliphatic carbocycles. The van der Waals surface area contributed by atoms with Crippen molar-refractivity contribution in [1.29, 1.82) is 0 Å². The molecule has 0 N–H and O–H groups in total. The maximum absolute atomic E-state index is 13.3. The molecule has 0 radical (unpaired) electrons. The Morgan fingerprint density at radius 3 is 2.24 bits per heavy atom. The Morgan fingerprint density at radius 1 is 1.00 bits per heavy atom. The summed E-state index contributed by atoms with van der Waals surface area (Å²) in [5.74, 6) is -0.765. The van der Waals surface area contributed by atoms with Gasteiger partial charge in [-0.2, -0.15) is 0 Å². The minimum atomic E-state index is -0.344. The van der Waals surface area contributed by atoms with Gasteiger partial charge in [0.15, 0.2) is 5.69 Å². The lowest BCUT2D eigenvalue weighted by Gasteiger charge is -2.25. The number of aromatic nitrogens is 3. The van der Waals surface area contributed by atoms with Crippen LogP contribution in [-0.2, 0) is 0 Å². The van der Waals surface area contributed by atoms with Crippen molar-refractivity contribution < 1.29 is 13.6 Å². The molecule has 2 heterocycles. The van der Waals surface area contributed by atoms with Crippen molar-refractivity contribution in [1.82, 2.24) is 24.8 Å². The average molecular weight is 397 g/mol. The SMILES string of the molecule is CN(C)C1CN(C(=O)c2cn(-c3ccc(F)cc3)nn2)C[C@H]1c1ccc(F)cc1. The third-order valence-corrected chi connectivity index (χ3v) is 5.34. The summed E-state index contributed by atoms with van der Waals surface area (Å²) in [5.41, 5.74) is 1.84. The van der Waals surface area contributed by atoms with Crippen molar-refractivity contribution in [2.75, 3.05) is 27.2 Å². The van der Waals surface area contributed by atoms with E-state index in [1.807, 2.05) is 14.1 Å². The van der Waals surface area contributed by atoms with E-state index in [9.17, 15) is 13.6 Å². The molecule has 8 heteroatoms. The van der Waals surface area contributed by atoms with Crippen molar-refractivity contribution in [2.24, 2.45) is 0 Å². The van der Waals surface area contributed by atoms with Gasteiger partial charge in [0.2, 0.25) is 0 Å². The number of amides is 1. The minimum absolute atomic E-state index is 0.0710. The number of nitrogens with zero attached hydrogens (tertiary/aromatic N) is 5. The lowest BCUT2D eigenvalue weighted by molar-refractivity contribution is 0.0776. The van der Waals surface area contributed by atoms with Crippen LogP contribution >= 0.6 is 0 Å². The second-order valence-corrected chi connectivity index (χ2v) is 7.42. The van der Waals surface area contributed by atoms with Crippen LogP contribution in [0.2, 0.25) is 0 Å². The summed E-state index contributed by atoms with van der Waals surface area (Å²) in [4.78, 5) is 16.8. The van der Waals surface area contributed by atoms with E-state index in [1.54, 1.807) is 35.4 Å². The van der Waals surface area contributed by atoms with E-state index in [0.717, 1.165) is 5.56 Å². The molecule has 4 rings (SSSR count). The van der Waals surface area contributed by atoms with Crippen molar-refractivity contribution in [3.05, 3.63) is 77.6 Å². The molecule has 1 fully saturated rings. The van der Waals surface area contributed by atoms with Crippen LogP contribution in [0.15, 0.2) is 54.7 Å². The fraction of sp³-hybridized carbons (Fsp3) is 0.286. The predicted octanol–water partition coefficient (Wildman–Crippen LogP) is 2.72. The second kappa shape index (κ2) is 7.71. The summed E-state index contributed by atoms with van der Waals surface area (Å²) >= 11 is 0. The van der Waals surface area contributed by atoms with Gasteiger partial charge in [-0.25, -0.2) is 13.5 Å². The van der Waals surface area contributed by atoms with E-state index in [-0.39, 0.29) is 35.2 Å². The predicted molar refractivity (Wildman–Crippen MR) is 104 cm³/mol. The molecular weight excluding hydrogens is 376 g/mol. The molecule has 1 unspecified atom stereocenters. The van der Waals surface area contributed by atoms with Gasteiger partial charge >= 0.3 is 0 Å². The van der Waals surface area contributed by atoms with Crippen LogP contribution in [0.5, 0.6) is 0 Å². The molecule has 1 saturated heterocycles. The van der Waals surface area contributed by atoms with Gasteiger partial charge in [-0.05, 0) is 56.1 Å². The Morgan fingerprint density at radius 2 is 1.62 bits per heavy atom. The molecule has 1 aliphatic heterocycles. The third-order valence-electron chi connectivity index (χ3n) is 5.34. The van der Waals surface area contributed by atoms with E-state index in [0.29, 0.717) is 18.8 Å². The van der Waals surface area contributed by atoms with Gasteiger partial charge in [0, 0.05) is 25.0 Å². The Kier molecular flexibility index (Phi) is 5.10. The summed E-state index contributed by atoms with van der Waals surface area (Å²) in [6.07, 6.45) is 1.55. The summed E-state index contributed by atoms with van der Waals surface area (Å²) < 4.78 is 27.9.